The molecule has 82 valence electrons. The van der Waals surface area contributed by atoms with E-state index in [1.54, 1.807) is 7.11 Å². The maximum absolute atomic E-state index is 5.41. The van der Waals surface area contributed by atoms with Gasteiger partial charge in [0.2, 0.25) is 0 Å². The van der Waals surface area contributed by atoms with Gasteiger partial charge in [-0.3, -0.25) is 0 Å². The second-order valence-electron chi connectivity index (χ2n) is 3.37. The first kappa shape index (κ1) is 10.3. The molecule has 0 saturated heterocycles. The van der Waals surface area contributed by atoms with Crippen molar-refractivity contribution in [1.29, 1.82) is 0 Å². The van der Waals surface area contributed by atoms with Crippen LogP contribution < -0.4 is 16.2 Å². The number of fused-ring (bicyclic) bond motifs is 1. The fourth-order valence-electron chi connectivity index (χ4n) is 1.64. The standard InChI is InChI=1S/C12H13N3O/c1-16-10-7-6-8-4-2-3-5-9(8)11(10)15-12(13)14/h2-7H,1H3,(H4,13,14,15). The van der Waals surface area contributed by atoms with Crippen LogP contribution in [0.1, 0.15) is 0 Å². The lowest BCUT2D eigenvalue weighted by Gasteiger charge is -2.08. The highest BCUT2D eigenvalue weighted by atomic mass is 16.5. The molecule has 0 aliphatic heterocycles. The highest BCUT2D eigenvalue weighted by Gasteiger charge is 2.06. The molecule has 0 aliphatic carbocycles. The van der Waals surface area contributed by atoms with Crippen molar-refractivity contribution in [2.24, 2.45) is 16.5 Å². The molecule has 0 aromatic heterocycles. The summed E-state index contributed by atoms with van der Waals surface area (Å²) in [6, 6.07) is 11.7. The van der Waals surface area contributed by atoms with Gasteiger partial charge in [0.05, 0.1) is 7.11 Å². The Morgan fingerprint density at radius 3 is 2.56 bits per heavy atom. The van der Waals surface area contributed by atoms with Crippen molar-refractivity contribution in [3.63, 3.8) is 0 Å². The molecule has 0 radical (unpaired) electrons. The molecule has 2 aromatic rings. The number of nitrogens with zero attached hydrogens (tertiary/aromatic N) is 1. The van der Waals surface area contributed by atoms with Crippen LogP contribution in [-0.4, -0.2) is 13.1 Å². The summed E-state index contributed by atoms with van der Waals surface area (Å²) in [5.41, 5.74) is 11.5. The second kappa shape index (κ2) is 4.10. The van der Waals surface area contributed by atoms with Crippen molar-refractivity contribution in [3.05, 3.63) is 36.4 Å². The maximum Gasteiger partial charge on any atom is 0.191 e. The summed E-state index contributed by atoms with van der Waals surface area (Å²) in [5.74, 6) is 0.682. The Bertz CT molecular complexity index is 545. The van der Waals surface area contributed by atoms with E-state index in [4.69, 9.17) is 16.2 Å². The zero-order chi connectivity index (χ0) is 11.5. The molecular formula is C12H13N3O. The molecule has 0 aliphatic rings. The zero-order valence-corrected chi connectivity index (χ0v) is 8.97. The Morgan fingerprint density at radius 2 is 1.88 bits per heavy atom. The third-order valence-electron chi connectivity index (χ3n) is 2.32. The van der Waals surface area contributed by atoms with E-state index >= 15 is 0 Å². The Hall–Kier alpha value is -2.23. The molecule has 0 fully saturated rings. The lowest BCUT2D eigenvalue weighted by molar-refractivity contribution is 0.416. The summed E-state index contributed by atoms with van der Waals surface area (Å²) in [6.07, 6.45) is 0. The molecule has 4 heteroatoms. The topological polar surface area (TPSA) is 73.6 Å². The number of nitrogens with two attached hydrogens (primary N) is 2. The van der Waals surface area contributed by atoms with Gasteiger partial charge in [0, 0.05) is 5.39 Å². The summed E-state index contributed by atoms with van der Waals surface area (Å²) >= 11 is 0. The minimum Gasteiger partial charge on any atom is -0.494 e. The number of aliphatic imine (C=N–C) groups is 1. The maximum atomic E-state index is 5.41. The molecule has 2 rings (SSSR count). The third kappa shape index (κ3) is 1.77. The van der Waals surface area contributed by atoms with Crippen molar-refractivity contribution >= 4 is 22.4 Å². The highest BCUT2D eigenvalue weighted by Crippen LogP contribution is 2.35. The number of hydrogen-bond donors (Lipinski definition) is 2. The van der Waals surface area contributed by atoms with Crippen LogP contribution in [0.5, 0.6) is 5.75 Å². The van der Waals surface area contributed by atoms with Crippen LogP contribution in [-0.2, 0) is 0 Å². The molecule has 4 N–H and O–H groups in total. The molecule has 0 spiro atoms. The summed E-state index contributed by atoms with van der Waals surface area (Å²) in [7, 11) is 1.59. The monoisotopic (exact) mass is 215 g/mol. The van der Waals surface area contributed by atoms with Gasteiger partial charge in [-0.15, -0.1) is 0 Å². The predicted molar refractivity (Wildman–Crippen MR) is 66.0 cm³/mol. The fraction of sp³-hybridized carbons (Fsp3) is 0.0833. The van der Waals surface area contributed by atoms with Crippen molar-refractivity contribution in [2.75, 3.05) is 7.11 Å². The van der Waals surface area contributed by atoms with E-state index in [1.807, 2.05) is 36.4 Å². The smallest absolute Gasteiger partial charge is 0.191 e. The lowest BCUT2D eigenvalue weighted by Crippen LogP contribution is -2.22. The second-order valence-corrected chi connectivity index (χ2v) is 3.37. The van der Waals surface area contributed by atoms with Gasteiger partial charge in [0.25, 0.3) is 0 Å². The van der Waals surface area contributed by atoms with E-state index in [0.29, 0.717) is 11.4 Å². The van der Waals surface area contributed by atoms with Gasteiger partial charge in [-0.25, -0.2) is 4.99 Å². The van der Waals surface area contributed by atoms with E-state index in [0.717, 1.165) is 10.8 Å². The van der Waals surface area contributed by atoms with Gasteiger partial charge < -0.3 is 16.2 Å². The van der Waals surface area contributed by atoms with Crippen LogP contribution in [0.4, 0.5) is 5.69 Å². The number of guanidine groups is 1. The SMILES string of the molecule is COc1ccc2ccccc2c1N=C(N)N. The molecule has 0 bridgehead atoms. The van der Waals surface area contributed by atoms with Crippen LogP contribution >= 0.6 is 0 Å². The van der Waals surface area contributed by atoms with Gasteiger partial charge in [0.1, 0.15) is 11.4 Å². The third-order valence-corrected chi connectivity index (χ3v) is 2.32. The minimum atomic E-state index is 0.0228. The molecule has 4 nitrogen and oxygen atoms in total. The van der Waals surface area contributed by atoms with E-state index in [9.17, 15) is 0 Å². The number of methoxy groups -OCH3 is 1. The molecular weight excluding hydrogens is 202 g/mol. The quantitative estimate of drug-likeness (QED) is 0.592. The summed E-state index contributed by atoms with van der Waals surface area (Å²) in [5, 5.41) is 2.04. The number of rotatable bonds is 2. The van der Waals surface area contributed by atoms with E-state index in [-0.39, 0.29) is 5.96 Å². The van der Waals surface area contributed by atoms with Gasteiger partial charge >= 0.3 is 0 Å². The Morgan fingerprint density at radius 1 is 1.12 bits per heavy atom. The van der Waals surface area contributed by atoms with Crippen molar-refractivity contribution in [2.45, 2.75) is 0 Å². The van der Waals surface area contributed by atoms with Crippen molar-refractivity contribution in [3.8, 4) is 5.75 Å². The molecule has 16 heavy (non-hydrogen) atoms. The summed E-state index contributed by atoms with van der Waals surface area (Å²) in [4.78, 5) is 4.11. The molecule has 0 saturated carbocycles. The van der Waals surface area contributed by atoms with E-state index < -0.39 is 0 Å². The van der Waals surface area contributed by atoms with E-state index in [1.165, 1.54) is 0 Å². The molecule has 0 atom stereocenters. The normalized spacial score (nSPS) is 10.1. The minimum absolute atomic E-state index is 0.0228. The van der Waals surface area contributed by atoms with Gasteiger partial charge in [0.15, 0.2) is 5.96 Å². The average molecular weight is 215 g/mol. The van der Waals surface area contributed by atoms with Crippen LogP contribution in [0.2, 0.25) is 0 Å². The highest BCUT2D eigenvalue weighted by molar-refractivity contribution is 5.98. The Labute approximate surface area is 93.5 Å². The fourth-order valence-corrected chi connectivity index (χ4v) is 1.64. The van der Waals surface area contributed by atoms with Crippen LogP contribution in [0.25, 0.3) is 10.8 Å². The largest absolute Gasteiger partial charge is 0.494 e. The summed E-state index contributed by atoms with van der Waals surface area (Å²) in [6.45, 7) is 0. The Kier molecular flexibility index (Phi) is 2.64. The number of benzene rings is 2. The average Bonchev–Trinajstić information content (AvgIpc) is 2.29. The van der Waals surface area contributed by atoms with Gasteiger partial charge in [-0.2, -0.15) is 0 Å². The van der Waals surface area contributed by atoms with Crippen molar-refractivity contribution in [1.82, 2.24) is 0 Å². The first-order valence-corrected chi connectivity index (χ1v) is 4.87. The molecule has 0 amide bonds. The zero-order valence-electron chi connectivity index (χ0n) is 8.97. The summed E-state index contributed by atoms with van der Waals surface area (Å²) < 4.78 is 5.24. The Balaban J connectivity index is 2.78. The number of hydrogen-bond acceptors (Lipinski definition) is 2. The lowest BCUT2D eigenvalue weighted by atomic mass is 10.1. The molecule has 0 unspecified atom stereocenters. The van der Waals surface area contributed by atoms with E-state index in [2.05, 4.69) is 4.99 Å². The van der Waals surface area contributed by atoms with Crippen LogP contribution in [0.3, 0.4) is 0 Å². The predicted octanol–water partition coefficient (Wildman–Crippen LogP) is 1.75. The number of ether oxygens (including phenoxy) is 1. The van der Waals surface area contributed by atoms with Crippen LogP contribution in [0, 0.1) is 0 Å². The first-order chi connectivity index (χ1) is 7.72. The van der Waals surface area contributed by atoms with Crippen molar-refractivity contribution < 1.29 is 4.74 Å². The first-order valence-electron chi connectivity index (χ1n) is 4.87. The van der Waals surface area contributed by atoms with Crippen LogP contribution in [0.15, 0.2) is 41.4 Å². The molecule has 2 aromatic carbocycles. The molecule has 0 heterocycles. The van der Waals surface area contributed by atoms with Gasteiger partial charge in [-0.1, -0.05) is 30.3 Å². The van der Waals surface area contributed by atoms with Gasteiger partial charge in [-0.05, 0) is 11.5 Å².